The third-order valence-corrected chi connectivity index (χ3v) is 4.48. The molecule has 0 aromatic heterocycles. The van der Waals surface area contributed by atoms with Gasteiger partial charge in [0.15, 0.2) is 0 Å². The maximum atomic E-state index is 13.6. The van der Waals surface area contributed by atoms with Crippen LogP contribution in [0.3, 0.4) is 0 Å². The number of rotatable bonds is 1. The molecule has 3 rings (SSSR count). The van der Waals surface area contributed by atoms with Gasteiger partial charge in [-0.1, -0.05) is 6.42 Å². The molecule has 1 aliphatic heterocycles. The Balaban J connectivity index is 2.03. The van der Waals surface area contributed by atoms with Crippen molar-refractivity contribution in [2.24, 2.45) is 5.41 Å². The molecule has 0 unspecified atom stereocenters. The van der Waals surface area contributed by atoms with E-state index in [2.05, 4.69) is 21.2 Å². The number of hydrogen-bond donors (Lipinski definition) is 1. The highest BCUT2D eigenvalue weighted by Gasteiger charge is 2.57. The summed E-state index contributed by atoms with van der Waals surface area (Å²) < 4.78 is 13.8. The van der Waals surface area contributed by atoms with E-state index >= 15 is 0 Å². The van der Waals surface area contributed by atoms with E-state index in [1.165, 1.54) is 12.1 Å². The Labute approximate surface area is 122 Å². The zero-order chi connectivity index (χ0) is 14.5. The minimum absolute atomic E-state index is 0.118. The summed E-state index contributed by atoms with van der Waals surface area (Å²) >= 11 is 3.01. The van der Waals surface area contributed by atoms with Crippen LogP contribution in [0.1, 0.15) is 19.3 Å². The van der Waals surface area contributed by atoms with E-state index in [4.69, 9.17) is 0 Å². The molecule has 0 radical (unpaired) electrons. The Morgan fingerprint density at radius 1 is 1.25 bits per heavy atom. The molecule has 5 nitrogen and oxygen atoms in total. The molecule has 1 saturated carbocycles. The molecule has 7 heteroatoms. The molecule has 104 valence electrons. The third kappa shape index (κ3) is 1.69. The van der Waals surface area contributed by atoms with Crippen molar-refractivity contribution in [2.45, 2.75) is 19.3 Å². The maximum Gasteiger partial charge on any atom is 0.335 e. The van der Waals surface area contributed by atoms with Crippen LogP contribution in [-0.4, -0.2) is 17.8 Å². The minimum Gasteiger partial charge on any atom is -0.276 e. The molecule has 0 atom stereocenters. The molecule has 1 N–H and O–H groups in total. The first kappa shape index (κ1) is 13.2. The van der Waals surface area contributed by atoms with Gasteiger partial charge in [0.05, 0.1) is 10.2 Å². The van der Waals surface area contributed by atoms with Crippen molar-refractivity contribution in [1.29, 1.82) is 0 Å². The molecule has 1 aliphatic carbocycles. The Hall–Kier alpha value is -1.76. The van der Waals surface area contributed by atoms with Gasteiger partial charge >= 0.3 is 6.03 Å². The molecule has 1 aromatic carbocycles. The summed E-state index contributed by atoms with van der Waals surface area (Å²) in [5.41, 5.74) is -1.04. The van der Waals surface area contributed by atoms with Crippen molar-refractivity contribution in [3.63, 3.8) is 0 Å². The van der Waals surface area contributed by atoms with Crippen LogP contribution in [-0.2, 0) is 9.59 Å². The topological polar surface area (TPSA) is 66.5 Å². The fourth-order valence-corrected chi connectivity index (χ4v) is 2.75. The van der Waals surface area contributed by atoms with E-state index < -0.39 is 29.1 Å². The predicted molar refractivity (Wildman–Crippen MR) is 71.4 cm³/mol. The van der Waals surface area contributed by atoms with E-state index in [9.17, 15) is 18.8 Å². The lowest BCUT2D eigenvalue weighted by atomic mass is 9.66. The van der Waals surface area contributed by atoms with E-state index in [1.807, 2.05) is 0 Å². The first-order valence-electron chi connectivity index (χ1n) is 6.11. The summed E-state index contributed by atoms with van der Waals surface area (Å²) in [5, 5.41) is 2.18. The first-order chi connectivity index (χ1) is 9.45. The summed E-state index contributed by atoms with van der Waals surface area (Å²) in [6.07, 6.45) is 1.59. The molecule has 2 fully saturated rings. The molecule has 20 heavy (non-hydrogen) atoms. The summed E-state index contributed by atoms with van der Waals surface area (Å²) in [5.74, 6) is -1.70. The van der Waals surface area contributed by atoms with Crippen molar-refractivity contribution in [3.8, 4) is 0 Å². The van der Waals surface area contributed by atoms with Crippen LogP contribution in [0, 0.1) is 11.2 Å². The predicted octanol–water partition coefficient (Wildman–Crippen LogP) is 2.34. The monoisotopic (exact) mass is 340 g/mol. The lowest BCUT2D eigenvalue weighted by molar-refractivity contribution is -0.148. The van der Waals surface area contributed by atoms with Crippen molar-refractivity contribution < 1.29 is 18.8 Å². The Kier molecular flexibility index (Phi) is 2.89. The SMILES string of the molecule is O=C1NC(=O)C2(CCC2)C(=O)N1c1ccc(Br)c(F)c1. The van der Waals surface area contributed by atoms with Gasteiger partial charge in [-0.3, -0.25) is 14.9 Å². The summed E-state index contributed by atoms with van der Waals surface area (Å²) in [6, 6.07) is 3.12. The standard InChI is InChI=1S/C13H10BrFN2O3/c14-8-3-2-7(6-9(8)15)17-11(19)13(4-1-5-13)10(18)16-12(17)20/h2-3,6H,1,4-5H2,(H,16,18,20). The number of urea groups is 1. The lowest BCUT2D eigenvalue weighted by Crippen LogP contribution is -2.66. The van der Waals surface area contributed by atoms with Crippen molar-refractivity contribution in [1.82, 2.24) is 5.32 Å². The van der Waals surface area contributed by atoms with Crippen LogP contribution in [0.5, 0.6) is 0 Å². The van der Waals surface area contributed by atoms with Gasteiger partial charge in [0, 0.05) is 0 Å². The van der Waals surface area contributed by atoms with E-state index in [0.717, 1.165) is 17.4 Å². The zero-order valence-corrected chi connectivity index (χ0v) is 11.9. The Morgan fingerprint density at radius 2 is 1.95 bits per heavy atom. The molecule has 2 aliphatic rings. The third-order valence-electron chi connectivity index (χ3n) is 3.84. The number of carbonyl (C=O) groups is 3. The van der Waals surface area contributed by atoms with Crippen molar-refractivity contribution >= 4 is 39.5 Å². The van der Waals surface area contributed by atoms with Gasteiger partial charge in [0.1, 0.15) is 11.2 Å². The van der Waals surface area contributed by atoms with E-state index in [1.54, 1.807) is 0 Å². The summed E-state index contributed by atoms with van der Waals surface area (Å²) in [4.78, 5) is 37.0. The second-order valence-corrected chi connectivity index (χ2v) is 5.79. The quantitative estimate of drug-likeness (QED) is 0.798. The number of benzene rings is 1. The number of nitrogens with one attached hydrogen (secondary N) is 1. The highest BCUT2D eigenvalue weighted by Crippen LogP contribution is 2.45. The number of amides is 4. The van der Waals surface area contributed by atoms with Crippen molar-refractivity contribution in [2.75, 3.05) is 4.90 Å². The molecular formula is C13H10BrFN2O3. The molecular weight excluding hydrogens is 331 g/mol. The van der Waals surface area contributed by atoms with Gasteiger partial charge in [-0.05, 0) is 47.0 Å². The lowest BCUT2D eigenvalue weighted by Gasteiger charge is -2.44. The number of carbonyl (C=O) groups excluding carboxylic acids is 3. The summed E-state index contributed by atoms with van der Waals surface area (Å²) in [6.45, 7) is 0. The highest BCUT2D eigenvalue weighted by atomic mass is 79.9. The Bertz CT molecular complexity index is 643. The molecule has 1 aromatic rings. The largest absolute Gasteiger partial charge is 0.335 e. The molecule has 1 saturated heterocycles. The van der Waals surface area contributed by atoms with Crippen LogP contribution >= 0.6 is 15.9 Å². The van der Waals surface area contributed by atoms with Crippen molar-refractivity contribution in [3.05, 3.63) is 28.5 Å². The number of barbiturate groups is 1. The fraction of sp³-hybridized carbons (Fsp3) is 0.308. The number of hydrogen-bond acceptors (Lipinski definition) is 3. The molecule has 0 bridgehead atoms. The second kappa shape index (κ2) is 4.37. The van der Waals surface area contributed by atoms with Gasteiger partial charge in [0.2, 0.25) is 5.91 Å². The van der Waals surface area contributed by atoms with Gasteiger partial charge in [-0.2, -0.15) is 0 Å². The fourth-order valence-electron chi connectivity index (χ4n) is 2.51. The Morgan fingerprint density at radius 3 is 2.50 bits per heavy atom. The normalized spacial score (nSPS) is 20.9. The molecule has 1 spiro atoms. The van der Waals surface area contributed by atoms with Crippen LogP contribution in [0.2, 0.25) is 0 Å². The highest BCUT2D eigenvalue weighted by molar-refractivity contribution is 9.10. The van der Waals surface area contributed by atoms with Crippen LogP contribution in [0.25, 0.3) is 0 Å². The van der Waals surface area contributed by atoms with Gasteiger partial charge in [-0.25, -0.2) is 14.1 Å². The van der Waals surface area contributed by atoms with E-state index in [-0.39, 0.29) is 10.2 Å². The average molecular weight is 341 g/mol. The van der Waals surface area contributed by atoms with E-state index in [0.29, 0.717) is 12.8 Å². The number of halogens is 2. The maximum absolute atomic E-state index is 13.6. The number of imide groups is 2. The smallest absolute Gasteiger partial charge is 0.276 e. The summed E-state index contributed by atoms with van der Waals surface area (Å²) in [7, 11) is 0. The van der Waals surface area contributed by atoms with Crippen LogP contribution < -0.4 is 10.2 Å². The zero-order valence-electron chi connectivity index (χ0n) is 10.3. The molecule has 4 amide bonds. The second-order valence-electron chi connectivity index (χ2n) is 4.93. The first-order valence-corrected chi connectivity index (χ1v) is 6.90. The van der Waals surface area contributed by atoms with Gasteiger partial charge < -0.3 is 0 Å². The minimum atomic E-state index is -1.16. The van der Waals surface area contributed by atoms with Crippen LogP contribution in [0.4, 0.5) is 14.9 Å². The number of anilines is 1. The number of nitrogens with zero attached hydrogens (tertiary/aromatic N) is 1. The van der Waals surface area contributed by atoms with Gasteiger partial charge in [0.25, 0.3) is 5.91 Å². The molecule has 1 heterocycles. The van der Waals surface area contributed by atoms with Crippen LogP contribution in [0.15, 0.2) is 22.7 Å². The van der Waals surface area contributed by atoms with Gasteiger partial charge in [-0.15, -0.1) is 0 Å². The average Bonchev–Trinajstić information content (AvgIpc) is 2.31.